The monoisotopic (exact) mass is 336 g/mol. The van der Waals surface area contributed by atoms with Crippen LogP contribution in [0.1, 0.15) is 20.9 Å². The molecule has 1 aromatic carbocycles. The first-order valence-corrected chi connectivity index (χ1v) is 7.51. The first-order valence-electron chi connectivity index (χ1n) is 7.13. The van der Waals surface area contributed by atoms with Crippen molar-refractivity contribution in [1.82, 2.24) is 9.80 Å². The molecule has 0 spiro atoms. The number of rotatable bonds is 2. The highest BCUT2D eigenvalue weighted by Crippen LogP contribution is 2.18. The fraction of sp³-hybridized carbons (Fsp3) is 0.250. The molecule has 1 fully saturated rings. The summed E-state index contributed by atoms with van der Waals surface area (Å²) in [6.45, 7) is 1.43. The summed E-state index contributed by atoms with van der Waals surface area (Å²) in [5.74, 6) is -0.978. The number of halogens is 2. The fourth-order valence-electron chi connectivity index (χ4n) is 2.50. The van der Waals surface area contributed by atoms with Crippen molar-refractivity contribution < 1.29 is 18.4 Å². The molecule has 23 heavy (non-hydrogen) atoms. The predicted molar refractivity (Wildman–Crippen MR) is 81.9 cm³/mol. The van der Waals surface area contributed by atoms with Gasteiger partial charge in [-0.25, -0.2) is 4.39 Å². The zero-order valence-electron chi connectivity index (χ0n) is 12.2. The molecule has 2 aromatic rings. The number of amides is 2. The van der Waals surface area contributed by atoms with Gasteiger partial charge in [-0.3, -0.25) is 9.59 Å². The highest BCUT2D eigenvalue weighted by molar-refractivity contribution is 6.30. The van der Waals surface area contributed by atoms with Crippen molar-refractivity contribution >= 4 is 23.4 Å². The van der Waals surface area contributed by atoms with E-state index in [1.54, 1.807) is 17.0 Å². The molecule has 1 aromatic heterocycles. The van der Waals surface area contributed by atoms with Crippen molar-refractivity contribution in [1.29, 1.82) is 0 Å². The summed E-state index contributed by atoms with van der Waals surface area (Å²) in [5.41, 5.74) is -0.0137. The van der Waals surface area contributed by atoms with Crippen LogP contribution in [0.4, 0.5) is 4.39 Å². The number of carbonyl (C=O) groups is 2. The minimum absolute atomic E-state index is 0.0137. The summed E-state index contributed by atoms with van der Waals surface area (Å²) in [7, 11) is 0. The van der Waals surface area contributed by atoms with Gasteiger partial charge in [0.05, 0.1) is 11.8 Å². The van der Waals surface area contributed by atoms with E-state index in [1.807, 2.05) is 0 Å². The number of piperazine rings is 1. The number of carbonyl (C=O) groups excluding carboxylic acids is 2. The third-order valence-corrected chi connectivity index (χ3v) is 3.98. The molecular formula is C16H14ClFN2O3. The Morgan fingerprint density at radius 2 is 1.70 bits per heavy atom. The first kappa shape index (κ1) is 15.6. The number of furan rings is 1. The molecule has 0 radical (unpaired) electrons. The largest absolute Gasteiger partial charge is 0.459 e. The van der Waals surface area contributed by atoms with Crippen LogP contribution in [0.2, 0.25) is 5.02 Å². The Balaban J connectivity index is 1.64. The van der Waals surface area contributed by atoms with Crippen LogP contribution in [-0.2, 0) is 0 Å². The first-order chi connectivity index (χ1) is 11.1. The van der Waals surface area contributed by atoms with Crippen molar-refractivity contribution in [2.75, 3.05) is 26.2 Å². The highest BCUT2D eigenvalue weighted by Gasteiger charge is 2.27. The van der Waals surface area contributed by atoms with E-state index in [1.165, 1.54) is 23.3 Å². The Morgan fingerprint density at radius 1 is 1.04 bits per heavy atom. The molecule has 0 unspecified atom stereocenters. The van der Waals surface area contributed by atoms with Crippen molar-refractivity contribution in [3.63, 3.8) is 0 Å². The molecule has 120 valence electrons. The number of hydrogen-bond acceptors (Lipinski definition) is 3. The summed E-state index contributed by atoms with van der Waals surface area (Å²) in [6.07, 6.45) is 1.44. The predicted octanol–water partition coefficient (Wildman–Crippen LogP) is 2.67. The average Bonchev–Trinajstić information content (AvgIpc) is 3.08. The lowest BCUT2D eigenvalue weighted by atomic mass is 10.1. The van der Waals surface area contributed by atoms with Crippen molar-refractivity contribution in [3.05, 3.63) is 58.8 Å². The van der Waals surface area contributed by atoms with Crippen molar-refractivity contribution in [3.8, 4) is 0 Å². The molecule has 2 amide bonds. The molecule has 7 heteroatoms. The lowest BCUT2D eigenvalue weighted by molar-refractivity contribution is 0.0515. The van der Waals surface area contributed by atoms with Gasteiger partial charge >= 0.3 is 0 Å². The van der Waals surface area contributed by atoms with Crippen LogP contribution in [0.5, 0.6) is 0 Å². The van der Waals surface area contributed by atoms with Crippen LogP contribution in [-0.4, -0.2) is 47.8 Å². The standard InChI is InChI=1S/C16H14ClFN2O3/c17-11-3-4-12(13(18)10-11)15(21)19-5-7-20(8-6-19)16(22)14-2-1-9-23-14/h1-4,9-10H,5-8H2. The summed E-state index contributed by atoms with van der Waals surface area (Å²) >= 11 is 5.69. The van der Waals surface area contributed by atoms with Crippen LogP contribution in [0, 0.1) is 5.82 Å². The van der Waals surface area contributed by atoms with Gasteiger partial charge in [0.1, 0.15) is 5.82 Å². The maximum Gasteiger partial charge on any atom is 0.289 e. The second-order valence-corrected chi connectivity index (χ2v) is 5.62. The van der Waals surface area contributed by atoms with E-state index in [0.717, 1.165) is 6.07 Å². The lowest BCUT2D eigenvalue weighted by Gasteiger charge is -2.34. The Hall–Kier alpha value is -2.34. The minimum atomic E-state index is -0.642. The third kappa shape index (κ3) is 3.22. The van der Waals surface area contributed by atoms with Gasteiger partial charge in [-0.15, -0.1) is 0 Å². The molecule has 0 aliphatic carbocycles. The Kier molecular flexibility index (Phi) is 4.34. The van der Waals surface area contributed by atoms with Gasteiger partial charge in [0.2, 0.25) is 0 Å². The minimum Gasteiger partial charge on any atom is -0.459 e. The number of benzene rings is 1. The van der Waals surface area contributed by atoms with Crippen molar-refractivity contribution in [2.24, 2.45) is 0 Å². The summed E-state index contributed by atoms with van der Waals surface area (Å²) in [6, 6.07) is 7.22. The molecule has 1 saturated heterocycles. The zero-order chi connectivity index (χ0) is 16.4. The highest BCUT2D eigenvalue weighted by atomic mass is 35.5. The van der Waals surface area contributed by atoms with E-state index >= 15 is 0 Å². The van der Waals surface area contributed by atoms with Gasteiger partial charge in [-0.2, -0.15) is 0 Å². The molecule has 1 aliphatic heterocycles. The van der Waals surface area contributed by atoms with E-state index in [9.17, 15) is 14.0 Å². The van der Waals surface area contributed by atoms with Gasteiger partial charge in [-0.05, 0) is 30.3 Å². The van der Waals surface area contributed by atoms with Gasteiger partial charge in [-0.1, -0.05) is 11.6 Å². The summed E-state index contributed by atoms with van der Waals surface area (Å²) in [5, 5.41) is 0.243. The molecule has 0 bridgehead atoms. The van der Waals surface area contributed by atoms with E-state index < -0.39 is 11.7 Å². The van der Waals surface area contributed by atoms with Crippen molar-refractivity contribution in [2.45, 2.75) is 0 Å². The molecule has 0 N–H and O–H groups in total. The summed E-state index contributed by atoms with van der Waals surface area (Å²) < 4.78 is 18.9. The molecule has 5 nitrogen and oxygen atoms in total. The smallest absolute Gasteiger partial charge is 0.289 e. The van der Waals surface area contributed by atoms with E-state index in [2.05, 4.69) is 0 Å². The van der Waals surface area contributed by atoms with E-state index in [0.29, 0.717) is 26.2 Å². The van der Waals surface area contributed by atoms with Crippen LogP contribution in [0.25, 0.3) is 0 Å². The Labute approximate surface area is 137 Å². The Morgan fingerprint density at radius 3 is 2.26 bits per heavy atom. The number of hydrogen-bond donors (Lipinski definition) is 0. The maximum absolute atomic E-state index is 13.8. The normalized spacial score (nSPS) is 14.9. The fourth-order valence-corrected chi connectivity index (χ4v) is 2.66. The van der Waals surface area contributed by atoms with Crippen LogP contribution in [0.15, 0.2) is 41.0 Å². The second-order valence-electron chi connectivity index (χ2n) is 5.19. The molecule has 2 heterocycles. The molecule has 0 saturated carbocycles. The van der Waals surface area contributed by atoms with Gasteiger partial charge < -0.3 is 14.2 Å². The quantitative estimate of drug-likeness (QED) is 0.847. The molecule has 3 rings (SSSR count). The average molecular weight is 337 g/mol. The maximum atomic E-state index is 13.8. The molecular weight excluding hydrogens is 323 g/mol. The zero-order valence-corrected chi connectivity index (χ0v) is 12.9. The van der Waals surface area contributed by atoms with E-state index in [-0.39, 0.29) is 22.3 Å². The number of nitrogens with zero attached hydrogens (tertiary/aromatic N) is 2. The lowest BCUT2D eigenvalue weighted by Crippen LogP contribution is -2.50. The molecule has 0 atom stereocenters. The Bertz CT molecular complexity index is 725. The van der Waals surface area contributed by atoms with Crippen LogP contribution < -0.4 is 0 Å². The summed E-state index contributed by atoms with van der Waals surface area (Å²) in [4.78, 5) is 27.6. The topological polar surface area (TPSA) is 53.8 Å². The van der Waals surface area contributed by atoms with E-state index in [4.69, 9.17) is 16.0 Å². The van der Waals surface area contributed by atoms with Crippen LogP contribution >= 0.6 is 11.6 Å². The SMILES string of the molecule is O=C(c1ccco1)N1CCN(C(=O)c2ccc(Cl)cc2F)CC1. The second kappa shape index (κ2) is 6.42. The van der Waals surface area contributed by atoms with Gasteiger partial charge in [0.15, 0.2) is 5.76 Å². The molecule has 1 aliphatic rings. The van der Waals surface area contributed by atoms with Crippen LogP contribution in [0.3, 0.4) is 0 Å². The van der Waals surface area contributed by atoms with Gasteiger partial charge in [0.25, 0.3) is 11.8 Å². The van der Waals surface area contributed by atoms with Gasteiger partial charge in [0, 0.05) is 31.2 Å². The third-order valence-electron chi connectivity index (χ3n) is 3.75.